The molecule has 2 rings (SSSR count). The van der Waals surface area contributed by atoms with Gasteiger partial charge in [-0.25, -0.2) is 4.79 Å². The fraction of sp³-hybridized carbons (Fsp3) is 0.308. The van der Waals surface area contributed by atoms with Gasteiger partial charge >= 0.3 is 5.97 Å². The average molecular weight is 217 g/mol. The zero-order valence-corrected chi connectivity index (χ0v) is 9.02. The molecule has 3 nitrogen and oxygen atoms in total. The smallest absolute Gasteiger partial charge is 0.326 e. The van der Waals surface area contributed by atoms with E-state index < -0.39 is 12.0 Å². The van der Waals surface area contributed by atoms with Crippen LogP contribution in [-0.4, -0.2) is 17.1 Å². The predicted molar refractivity (Wildman–Crippen MR) is 62.0 cm³/mol. The molecule has 84 valence electrons. The first-order valence-corrected chi connectivity index (χ1v) is 5.46. The normalized spacial score (nSPS) is 19.0. The quantitative estimate of drug-likeness (QED) is 0.810. The van der Waals surface area contributed by atoms with E-state index in [0.29, 0.717) is 6.42 Å². The van der Waals surface area contributed by atoms with Crippen LogP contribution >= 0.6 is 0 Å². The molecule has 0 radical (unpaired) electrons. The van der Waals surface area contributed by atoms with E-state index in [4.69, 9.17) is 5.11 Å². The minimum atomic E-state index is -0.772. The van der Waals surface area contributed by atoms with Gasteiger partial charge in [0.1, 0.15) is 6.04 Å². The SMILES string of the molecule is O=C(O)C1CC(CCc2ccccc2)=CN1. The Hall–Kier alpha value is -1.77. The summed E-state index contributed by atoms with van der Waals surface area (Å²) in [6.07, 6.45) is 4.38. The summed E-state index contributed by atoms with van der Waals surface area (Å²) in [6, 6.07) is 9.81. The topological polar surface area (TPSA) is 49.3 Å². The van der Waals surface area contributed by atoms with Gasteiger partial charge in [0.05, 0.1) is 0 Å². The van der Waals surface area contributed by atoms with E-state index in [1.165, 1.54) is 11.1 Å². The predicted octanol–water partition coefficient (Wildman–Crippen LogP) is 1.95. The van der Waals surface area contributed by atoms with E-state index in [9.17, 15) is 4.79 Å². The molecule has 0 fully saturated rings. The van der Waals surface area contributed by atoms with E-state index in [0.717, 1.165) is 12.8 Å². The molecular weight excluding hydrogens is 202 g/mol. The average Bonchev–Trinajstić information content (AvgIpc) is 2.76. The van der Waals surface area contributed by atoms with Gasteiger partial charge in [-0.1, -0.05) is 35.9 Å². The fourth-order valence-electron chi connectivity index (χ4n) is 1.88. The van der Waals surface area contributed by atoms with Crippen LogP contribution in [0.1, 0.15) is 18.4 Å². The molecule has 1 atom stereocenters. The standard InChI is InChI=1S/C13H15NO2/c15-13(16)12-8-11(9-14-12)7-6-10-4-2-1-3-5-10/h1-5,9,12,14H,6-8H2,(H,15,16). The third-order valence-corrected chi connectivity index (χ3v) is 2.83. The Morgan fingerprint density at radius 3 is 2.69 bits per heavy atom. The van der Waals surface area contributed by atoms with Crippen molar-refractivity contribution in [1.82, 2.24) is 5.32 Å². The van der Waals surface area contributed by atoms with E-state index in [-0.39, 0.29) is 0 Å². The Balaban J connectivity index is 1.82. The van der Waals surface area contributed by atoms with E-state index in [1.54, 1.807) is 0 Å². The van der Waals surface area contributed by atoms with Gasteiger partial charge < -0.3 is 10.4 Å². The molecule has 1 unspecified atom stereocenters. The van der Waals surface area contributed by atoms with E-state index in [1.807, 2.05) is 24.4 Å². The second-order valence-corrected chi connectivity index (χ2v) is 4.05. The van der Waals surface area contributed by atoms with Crippen LogP contribution in [-0.2, 0) is 11.2 Å². The number of rotatable bonds is 4. The molecule has 1 aromatic carbocycles. The first kappa shape index (κ1) is 10.7. The van der Waals surface area contributed by atoms with Crippen molar-refractivity contribution in [3.05, 3.63) is 47.7 Å². The second kappa shape index (κ2) is 4.84. The number of hydrogen-bond donors (Lipinski definition) is 2. The number of benzene rings is 1. The molecule has 0 amide bonds. The van der Waals surface area contributed by atoms with Crippen LogP contribution in [0.4, 0.5) is 0 Å². The Bertz CT molecular complexity index is 398. The lowest BCUT2D eigenvalue weighted by Crippen LogP contribution is -2.28. The molecule has 1 aliphatic rings. The van der Waals surface area contributed by atoms with Crippen LogP contribution in [0.3, 0.4) is 0 Å². The Morgan fingerprint density at radius 2 is 2.06 bits per heavy atom. The Morgan fingerprint density at radius 1 is 1.31 bits per heavy atom. The van der Waals surface area contributed by atoms with Crippen molar-refractivity contribution in [2.75, 3.05) is 0 Å². The Kier molecular flexibility index (Phi) is 3.25. The number of carboxylic acid groups (broad SMARTS) is 1. The first-order chi connectivity index (χ1) is 7.75. The van der Waals surface area contributed by atoms with Crippen LogP contribution in [0.5, 0.6) is 0 Å². The summed E-state index contributed by atoms with van der Waals surface area (Å²) in [5, 5.41) is 11.7. The minimum Gasteiger partial charge on any atom is -0.480 e. The summed E-state index contributed by atoms with van der Waals surface area (Å²) in [5.74, 6) is -0.772. The van der Waals surface area contributed by atoms with Crippen LogP contribution in [0.15, 0.2) is 42.1 Å². The Labute approximate surface area is 94.8 Å². The highest BCUT2D eigenvalue weighted by Crippen LogP contribution is 2.18. The zero-order valence-electron chi connectivity index (χ0n) is 9.02. The number of aryl methyl sites for hydroxylation is 1. The molecule has 0 spiro atoms. The maximum Gasteiger partial charge on any atom is 0.326 e. The molecule has 0 aliphatic carbocycles. The van der Waals surface area contributed by atoms with Crippen molar-refractivity contribution in [2.45, 2.75) is 25.3 Å². The van der Waals surface area contributed by atoms with Crippen LogP contribution < -0.4 is 5.32 Å². The number of carboxylic acids is 1. The van der Waals surface area contributed by atoms with Gasteiger partial charge in [0.15, 0.2) is 0 Å². The van der Waals surface area contributed by atoms with E-state index in [2.05, 4.69) is 17.4 Å². The van der Waals surface area contributed by atoms with Crippen molar-refractivity contribution in [3.63, 3.8) is 0 Å². The molecule has 0 aromatic heterocycles. The molecule has 0 bridgehead atoms. The molecule has 3 heteroatoms. The monoisotopic (exact) mass is 217 g/mol. The maximum absolute atomic E-state index is 10.7. The number of hydrogen-bond acceptors (Lipinski definition) is 2. The minimum absolute atomic E-state index is 0.425. The van der Waals surface area contributed by atoms with Crippen molar-refractivity contribution >= 4 is 5.97 Å². The fourth-order valence-corrected chi connectivity index (χ4v) is 1.88. The van der Waals surface area contributed by atoms with Crippen molar-refractivity contribution in [1.29, 1.82) is 0 Å². The largest absolute Gasteiger partial charge is 0.480 e. The van der Waals surface area contributed by atoms with E-state index >= 15 is 0 Å². The summed E-state index contributed by atoms with van der Waals surface area (Å²) >= 11 is 0. The lowest BCUT2D eigenvalue weighted by atomic mass is 10.0. The third-order valence-electron chi connectivity index (χ3n) is 2.83. The molecule has 1 aliphatic heterocycles. The molecule has 0 saturated heterocycles. The molecule has 1 aromatic rings. The lowest BCUT2D eigenvalue weighted by Gasteiger charge is -2.04. The number of carbonyl (C=O) groups is 1. The molecule has 1 heterocycles. The number of aliphatic carboxylic acids is 1. The van der Waals surface area contributed by atoms with Crippen molar-refractivity contribution in [2.24, 2.45) is 0 Å². The summed E-state index contributed by atoms with van der Waals surface area (Å²) in [5.41, 5.74) is 2.48. The summed E-state index contributed by atoms with van der Waals surface area (Å²) < 4.78 is 0. The molecule has 2 N–H and O–H groups in total. The first-order valence-electron chi connectivity index (χ1n) is 5.46. The highest BCUT2D eigenvalue weighted by Gasteiger charge is 2.22. The lowest BCUT2D eigenvalue weighted by molar-refractivity contribution is -0.138. The summed E-state index contributed by atoms with van der Waals surface area (Å²) in [6.45, 7) is 0. The van der Waals surface area contributed by atoms with Gasteiger partial charge in [0.25, 0.3) is 0 Å². The third kappa shape index (κ3) is 2.63. The van der Waals surface area contributed by atoms with Gasteiger partial charge in [0, 0.05) is 6.42 Å². The second-order valence-electron chi connectivity index (χ2n) is 4.05. The van der Waals surface area contributed by atoms with Crippen LogP contribution in [0.2, 0.25) is 0 Å². The molecule has 16 heavy (non-hydrogen) atoms. The van der Waals surface area contributed by atoms with Crippen LogP contribution in [0.25, 0.3) is 0 Å². The summed E-state index contributed by atoms with van der Waals surface area (Å²) in [4.78, 5) is 10.7. The van der Waals surface area contributed by atoms with Gasteiger partial charge in [-0.05, 0) is 24.6 Å². The molecule has 0 saturated carbocycles. The van der Waals surface area contributed by atoms with Gasteiger partial charge in [-0.15, -0.1) is 0 Å². The highest BCUT2D eigenvalue weighted by atomic mass is 16.4. The van der Waals surface area contributed by atoms with Gasteiger partial charge in [-0.3, -0.25) is 0 Å². The molecular formula is C13H15NO2. The number of nitrogens with one attached hydrogen (secondary N) is 1. The highest BCUT2D eigenvalue weighted by molar-refractivity contribution is 5.74. The van der Waals surface area contributed by atoms with Gasteiger partial charge in [-0.2, -0.15) is 0 Å². The van der Waals surface area contributed by atoms with Crippen molar-refractivity contribution in [3.8, 4) is 0 Å². The van der Waals surface area contributed by atoms with Crippen molar-refractivity contribution < 1.29 is 9.90 Å². The van der Waals surface area contributed by atoms with Gasteiger partial charge in [0.2, 0.25) is 0 Å². The zero-order chi connectivity index (χ0) is 11.4. The van der Waals surface area contributed by atoms with Crippen LogP contribution in [0, 0.1) is 0 Å². The summed E-state index contributed by atoms with van der Waals surface area (Å²) in [7, 11) is 0. The maximum atomic E-state index is 10.7.